The first-order valence-electron chi connectivity index (χ1n) is 3.57. The Morgan fingerprint density at radius 3 is 2.55 bits per heavy atom. The molecule has 1 aromatic carbocycles. The lowest BCUT2D eigenvalue weighted by atomic mass is 10.2. The second kappa shape index (κ2) is 3.76. The van der Waals surface area contributed by atoms with Crippen molar-refractivity contribution in [3.05, 3.63) is 35.9 Å². The lowest BCUT2D eigenvalue weighted by molar-refractivity contribution is -0.119. The van der Waals surface area contributed by atoms with Crippen LogP contribution >= 0.6 is 0 Å². The van der Waals surface area contributed by atoms with Crippen molar-refractivity contribution in [3.63, 3.8) is 0 Å². The fourth-order valence-corrected chi connectivity index (χ4v) is 0.822. The maximum absolute atomic E-state index is 10.5. The molecule has 2 heteroatoms. The Hall–Kier alpha value is -1.31. The summed E-state index contributed by atoms with van der Waals surface area (Å²) in [6.45, 7) is 2.14. The molecule has 1 N–H and O–H groups in total. The monoisotopic (exact) mass is 148 g/mol. The van der Waals surface area contributed by atoms with E-state index in [2.05, 4.69) is 5.32 Å². The first kappa shape index (κ1) is 7.79. The molecule has 0 aliphatic rings. The van der Waals surface area contributed by atoms with Crippen LogP contribution in [-0.2, 0) is 11.3 Å². The topological polar surface area (TPSA) is 29.1 Å². The van der Waals surface area contributed by atoms with Gasteiger partial charge in [0, 0.05) is 13.5 Å². The standard InChI is InChI=1S/C9H11NO/c1-8(11)10-7-9-5-3-2-4-6-9/h2-6H,7H2,1H3,(H,10,11)/i1-1. The van der Waals surface area contributed by atoms with E-state index in [0.717, 1.165) is 5.56 Å². The molecule has 0 saturated carbocycles. The molecule has 58 valence electrons. The quantitative estimate of drug-likeness (QED) is 0.673. The van der Waals surface area contributed by atoms with E-state index in [0.29, 0.717) is 6.54 Å². The van der Waals surface area contributed by atoms with Gasteiger partial charge in [-0.05, 0) is 5.56 Å². The van der Waals surface area contributed by atoms with Gasteiger partial charge >= 0.3 is 0 Å². The second-order valence-corrected chi connectivity index (χ2v) is 2.40. The third-order valence-electron chi connectivity index (χ3n) is 1.38. The van der Waals surface area contributed by atoms with Crippen LogP contribution in [-0.4, -0.2) is 5.91 Å². The van der Waals surface area contributed by atoms with Crippen molar-refractivity contribution in [2.24, 2.45) is 0 Å². The predicted molar refractivity (Wildman–Crippen MR) is 44.0 cm³/mol. The van der Waals surface area contributed by atoms with E-state index in [-0.39, 0.29) is 5.91 Å². The Kier molecular flexibility index (Phi) is 2.66. The number of carbonyl (C=O) groups is 1. The van der Waals surface area contributed by atoms with Crippen LogP contribution in [0.4, 0.5) is 0 Å². The van der Waals surface area contributed by atoms with Crippen LogP contribution in [0.1, 0.15) is 12.5 Å². The summed E-state index contributed by atoms with van der Waals surface area (Å²) in [4.78, 5) is 10.5. The molecule has 0 aromatic heterocycles. The molecule has 0 atom stereocenters. The van der Waals surface area contributed by atoms with E-state index in [9.17, 15) is 4.79 Å². The predicted octanol–water partition coefficient (Wildman–Crippen LogP) is 1.32. The lowest BCUT2D eigenvalue weighted by Crippen LogP contribution is -2.18. The van der Waals surface area contributed by atoms with Crippen LogP contribution in [0.15, 0.2) is 30.3 Å². The van der Waals surface area contributed by atoms with Crippen molar-refractivity contribution in [1.82, 2.24) is 5.32 Å². The smallest absolute Gasteiger partial charge is 0.217 e. The molecule has 0 aliphatic heterocycles. The highest BCUT2D eigenvalue weighted by Crippen LogP contribution is 1.96. The summed E-state index contributed by atoms with van der Waals surface area (Å²) < 4.78 is 0. The first-order valence-corrected chi connectivity index (χ1v) is 3.57. The summed E-state index contributed by atoms with van der Waals surface area (Å²) in [5, 5.41) is 2.72. The summed E-state index contributed by atoms with van der Waals surface area (Å²) in [6.07, 6.45) is 0. The Morgan fingerprint density at radius 1 is 1.36 bits per heavy atom. The van der Waals surface area contributed by atoms with Crippen molar-refractivity contribution < 1.29 is 4.79 Å². The third kappa shape index (κ3) is 2.85. The van der Waals surface area contributed by atoms with Gasteiger partial charge in [0.15, 0.2) is 0 Å². The van der Waals surface area contributed by atoms with Crippen LogP contribution in [0.5, 0.6) is 0 Å². The molecule has 0 fully saturated rings. The SMILES string of the molecule is [11CH3]C(=O)NCc1ccccc1. The molecular weight excluding hydrogens is 137 g/mol. The average Bonchev–Trinajstić information content (AvgIpc) is 2.03. The fourth-order valence-electron chi connectivity index (χ4n) is 0.822. The van der Waals surface area contributed by atoms with Gasteiger partial charge in [-0.2, -0.15) is 0 Å². The van der Waals surface area contributed by atoms with Crippen molar-refractivity contribution in [1.29, 1.82) is 0 Å². The molecule has 2 nitrogen and oxygen atoms in total. The second-order valence-electron chi connectivity index (χ2n) is 2.40. The largest absolute Gasteiger partial charge is 0.352 e. The van der Waals surface area contributed by atoms with Crippen LogP contribution in [0.3, 0.4) is 0 Å². The molecule has 1 rings (SSSR count). The molecule has 0 spiro atoms. The van der Waals surface area contributed by atoms with E-state index in [1.807, 2.05) is 30.3 Å². The van der Waals surface area contributed by atoms with Crippen LogP contribution < -0.4 is 5.32 Å². The number of nitrogens with one attached hydrogen (secondary N) is 1. The number of hydrogen-bond donors (Lipinski definition) is 1. The average molecular weight is 148 g/mol. The molecule has 1 aromatic rings. The van der Waals surface area contributed by atoms with Crippen LogP contribution in [0, 0.1) is 0 Å². The summed E-state index contributed by atoms with van der Waals surface area (Å²) in [5.41, 5.74) is 1.13. The Bertz CT molecular complexity index is 231. The highest BCUT2D eigenvalue weighted by atomic mass is 16.1. The molecule has 0 saturated heterocycles. The van der Waals surface area contributed by atoms with Crippen LogP contribution in [0.2, 0.25) is 0 Å². The van der Waals surface area contributed by atoms with Crippen LogP contribution in [0.25, 0.3) is 0 Å². The van der Waals surface area contributed by atoms with Crippen molar-refractivity contribution in [3.8, 4) is 0 Å². The molecular formula is C9H11NO. The summed E-state index contributed by atoms with van der Waals surface area (Å²) in [6, 6.07) is 9.83. The van der Waals surface area contributed by atoms with E-state index in [4.69, 9.17) is 0 Å². The van der Waals surface area contributed by atoms with Gasteiger partial charge in [-0.3, -0.25) is 4.79 Å². The minimum atomic E-state index is 0.00820. The van der Waals surface area contributed by atoms with E-state index < -0.39 is 0 Å². The van der Waals surface area contributed by atoms with Gasteiger partial charge in [-0.1, -0.05) is 30.3 Å². The molecule has 1 amide bonds. The van der Waals surface area contributed by atoms with E-state index in [1.54, 1.807) is 0 Å². The minimum absolute atomic E-state index is 0.00820. The molecule has 0 bridgehead atoms. The highest BCUT2D eigenvalue weighted by Gasteiger charge is 1.91. The molecule has 0 aliphatic carbocycles. The Balaban J connectivity index is 2.45. The van der Waals surface area contributed by atoms with E-state index >= 15 is 0 Å². The Morgan fingerprint density at radius 2 is 2.00 bits per heavy atom. The normalized spacial score (nSPS) is 9.18. The van der Waals surface area contributed by atoms with Gasteiger partial charge in [0.2, 0.25) is 5.91 Å². The van der Waals surface area contributed by atoms with Gasteiger partial charge in [-0.25, -0.2) is 0 Å². The lowest BCUT2D eigenvalue weighted by Gasteiger charge is -2.00. The van der Waals surface area contributed by atoms with Gasteiger partial charge in [0.05, 0.1) is 0 Å². The van der Waals surface area contributed by atoms with Gasteiger partial charge in [0.25, 0.3) is 0 Å². The molecule has 0 radical (unpaired) electrons. The number of rotatable bonds is 2. The minimum Gasteiger partial charge on any atom is -0.352 e. The number of benzene rings is 1. The van der Waals surface area contributed by atoms with E-state index in [1.165, 1.54) is 6.92 Å². The van der Waals surface area contributed by atoms with Gasteiger partial charge in [-0.15, -0.1) is 0 Å². The third-order valence-corrected chi connectivity index (χ3v) is 1.38. The van der Waals surface area contributed by atoms with Gasteiger partial charge in [0.1, 0.15) is 0 Å². The van der Waals surface area contributed by atoms with Crippen molar-refractivity contribution in [2.75, 3.05) is 0 Å². The first-order chi connectivity index (χ1) is 5.29. The zero-order valence-corrected chi connectivity index (χ0v) is 6.50. The maximum Gasteiger partial charge on any atom is 0.217 e. The zero-order chi connectivity index (χ0) is 8.10. The number of hydrogen-bond acceptors (Lipinski definition) is 1. The highest BCUT2D eigenvalue weighted by molar-refractivity contribution is 5.72. The fraction of sp³-hybridized carbons (Fsp3) is 0.222. The Labute approximate surface area is 66.2 Å². The number of amides is 1. The maximum atomic E-state index is 10.5. The number of carbonyl (C=O) groups excluding carboxylic acids is 1. The zero-order valence-electron chi connectivity index (χ0n) is 6.50. The molecule has 0 heterocycles. The summed E-state index contributed by atoms with van der Waals surface area (Å²) >= 11 is 0. The van der Waals surface area contributed by atoms with Crippen molar-refractivity contribution >= 4 is 5.91 Å². The van der Waals surface area contributed by atoms with Gasteiger partial charge < -0.3 is 5.32 Å². The van der Waals surface area contributed by atoms with Crippen molar-refractivity contribution in [2.45, 2.75) is 13.5 Å². The summed E-state index contributed by atoms with van der Waals surface area (Å²) in [7, 11) is 0. The molecule has 0 unspecified atom stereocenters. The molecule has 11 heavy (non-hydrogen) atoms. The summed E-state index contributed by atoms with van der Waals surface area (Å²) in [5.74, 6) is 0.00820.